The molecule has 0 saturated carbocycles. The Balaban J connectivity index is 2.41. The average molecular weight is 291 g/mol. The number of nitrogen functional groups attached to an aromatic ring is 1. The number of carboxylic acid groups (broad SMARTS) is 1. The fraction of sp³-hybridized carbons (Fsp3) is 0.133. The molecule has 110 valence electrons. The number of benzene rings is 2. The van der Waals surface area contributed by atoms with Crippen molar-refractivity contribution in [2.45, 2.75) is 6.92 Å². The summed E-state index contributed by atoms with van der Waals surface area (Å²) in [6, 6.07) is 7.19. The molecule has 5 nitrogen and oxygen atoms in total. The number of ether oxygens (including phenoxy) is 2. The summed E-state index contributed by atoms with van der Waals surface area (Å²) in [7, 11) is 1.49. The standard InChI is InChI=1S/C15H14FNO4/c1-8-3-4-12(14(5-8)20-2)21-13-7-10(16)9(15(18)19)6-11(13)17/h3-7H,17H2,1-2H3,(H,18,19). The number of hydrogen-bond donors (Lipinski definition) is 2. The predicted octanol–water partition coefficient (Wildman–Crippen LogP) is 3.22. The quantitative estimate of drug-likeness (QED) is 0.845. The van der Waals surface area contributed by atoms with Crippen molar-refractivity contribution < 1.29 is 23.8 Å². The molecule has 0 aliphatic heterocycles. The van der Waals surface area contributed by atoms with Crippen molar-refractivity contribution in [1.82, 2.24) is 0 Å². The summed E-state index contributed by atoms with van der Waals surface area (Å²) in [6.07, 6.45) is 0. The number of aromatic carboxylic acids is 1. The van der Waals surface area contributed by atoms with Gasteiger partial charge in [0.25, 0.3) is 0 Å². The van der Waals surface area contributed by atoms with Crippen LogP contribution < -0.4 is 15.2 Å². The number of hydrogen-bond acceptors (Lipinski definition) is 4. The summed E-state index contributed by atoms with van der Waals surface area (Å²) in [4.78, 5) is 10.8. The van der Waals surface area contributed by atoms with Crippen LogP contribution in [-0.2, 0) is 0 Å². The monoisotopic (exact) mass is 291 g/mol. The third-order valence-electron chi connectivity index (χ3n) is 2.87. The van der Waals surface area contributed by atoms with Gasteiger partial charge in [-0.2, -0.15) is 0 Å². The molecule has 21 heavy (non-hydrogen) atoms. The van der Waals surface area contributed by atoms with Gasteiger partial charge in [0.1, 0.15) is 5.82 Å². The second-order valence-electron chi connectivity index (χ2n) is 4.43. The molecule has 0 unspecified atom stereocenters. The molecule has 0 saturated heterocycles. The summed E-state index contributed by atoms with van der Waals surface area (Å²) in [5.74, 6) is -1.45. The fourth-order valence-electron chi connectivity index (χ4n) is 1.80. The molecular weight excluding hydrogens is 277 g/mol. The first-order valence-electron chi connectivity index (χ1n) is 6.07. The second-order valence-corrected chi connectivity index (χ2v) is 4.43. The van der Waals surface area contributed by atoms with Crippen LogP contribution in [-0.4, -0.2) is 18.2 Å². The molecule has 2 aromatic rings. The molecule has 0 heterocycles. The van der Waals surface area contributed by atoms with Gasteiger partial charge in [-0.15, -0.1) is 0 Å². The minimum Gasteiger partial charge on any atom is -0.493 e. The first kappa shape index (κ1) is 14.6. The predicted molar refractivity (Wildman–Crippen MR) is 75.6 cm³/mol. The zero-order chi connectivity index (χ0) is 15.6. The molecule has 0 aliphatic rings. The Morgan fingerprint density at radius 1 is 1.19 bits per heavy atom. The fourth-order valence-corrected chi connectivity index (χ4v) is 1.80. The molecule has 0 fully saturated rings. The second kappa shape index (κ2) is 5.70. The minimum atomic E-state index is -1.39. The molecule has 0 aliphatic carbocycles. The van der Waals surface area contributed by atoms with Crippen molar-refractivity contribution in [2.75, 3.05) is 12.8 Å². The van der Waals surface area contributed by atoms with Crippen molar-refractivity contribution >= 4 is 11.7 Å². The van der Waals surface area contributed by atoms with Crippen LogP contribution in [0, 0.1) is 12.7 Å². The van der Waals surface area contributed by atoms with Crippen LogP contribution >= 0.6 is 0 Å². The van der Waals surface area contributed by atoms with Gasteiger partial charge in [0.15, 0.2) is 17.2 Å². The maximum Gasteiger partial charge on any atom is 0.338 e. The highest BCUT2D eigenvalue weighted by atomic mass is 19.1. The van der Waals surface area contributed by atoms with Gasteiger partial charge in [0.05, 0.1) is 18.4 Å². The van der Waals surface area contributed by atoms with E-state index in [-0.39, 0.29) is 11.4 Å². The number of nitrogens with two attached hydrogens (primary N) is 1. The zero-order valence-corrected chi connectivity index (χ0v) is 11.5. The average Bonchev–Trinajstić information content (AvgIpc) is 2.43. The van der Waals surface area contributed by atoms with Crippen molar-refractivity contribution in [2.24, 2.45) is 0 Å². The van der Waals surface area contributed by atoms with E-state index in [1.54, 1.807) is 18.2 Å². The number of carboxylic acids is 1. The molecule has 0 atom stereocenters. The Morgan fingerprint density at radius 3 is 2.52 bits per heavy atom. The maximum atomic E-state index is 13.7. The Bertz CT molecular complexity index is 700. The van der Waals surface area contributed by atoms with Crippen LogP contribution in [0.25, 0.3) is 0 Å². The largest absolute Gasteiger partial charge is 0.493 e. The van der Waals surface area contributed by atoms with Crippen molar-refractivity contribution in [3.8, 4) is 17.2 Å². The van der Waals surface area contributed by atoms with Crippen molar-refractivity contribution in [3.05, 3.63) is 47.3 Å². The van der Waals surface area contributed by atoms with Crippen LogP contribution in [0.15, 0.2) is 30.3 Å². The van der Waals surface area contributed by atoms with Gasteiger partial charge in [-0.3, -0.25) is 0 Å². The van der Waals surface area contributed by atoms with Gasteiger partial charge < -0.3 is 20.3 Å². The number of methoxy groups -OCH3 is 1. The summed E-state index contributed by atoms with van der Waals surface area (Å²) in [6.45, 7) is 1.89. The lowest BCUT2D eigenvalue weighted by atomic mass is 10.1. The van der Waals surface area contributed by atoms with Crippen molar-refractivity contribution in [3.63, 3.8) is 0 Å². The third-order valence-corrected chi connectivity index (χ3v) is 2.87. The number of rotatable bonds is 4. The van der Waals surface area contributed by atoms with Gasteiger partial charge in [-0.1, -0.05) is 6.07 Å². The lowest BCUT2D eigenvalue weighted by Gasteiger charge is -2.13. The summed E-state index contributed by atoms with van der Waals surface area (Å²) < 4.78 is 24.4. The van der Waals surface area contributed by atoms with Gasteiger partial charge in [0.2, 0.25) is 0 Å². The molecule has 0 spiro atoms. The SMILES string of the molecule is COc1cc(C)ccc1Oc1cc(F)c(C(=O)O)cc1N. The summed E-state index contributed by atoms with van der Waals surface area (Å²) in [5.41, 5.74) is 6.19. The highest BCUT2D eigenvalue weighted by Crippen LogP contribution is 2.35. The maximum absolute atomic E-state index is 13.7. The smallest absolute Gasteiger partial charge is 0.338 e. The van der Waals surface area contributed by atoms with Gasteiger partial charge in [0, 0.05) is 6.07 Å². The third kappa shape index (κ3) is 3.05. The van der Waals surface area contributed by atoms with Crippen LogP contribution in [0.3, 0.4) is 0 Å². The number of aryl methyl sites for hydroxylation is 1. The first-order chi connectivity index (χ1) is 9.92. The number of carbonyl (C=O) groups is 1. The highest BCUT2D eigenvalue weighted by molar-refractivity contribution is 5.89. The minimum absolute atomic E-state index is 0.0245. The molecule has 0 bridgehead atoms. The lowest BCUT2D eigenvalue weighted by molar-refractivity contribution is 0.0692. The van der Waals surface area contributed by atoms with Crippen LogP contribution in [0.2, 0.25) is 0 Å². The molecule has 2 aromatic carbocycles. The van der Waals surface area contributed by atoms with Gasteiger partial charge >= 0.3 is 5.97 Å². The van der Waals surface area contributed by atoms with E-state index >= 15 is 0 Å². The van der Waals surface area contributed by atoms with Crippen LogP contribution in [0.5, 0.6) is 17.2 Å². The molecule has 3 N–H and O–H groups in total. The topological polar surface area (TPSA) is 81.8 Å². The zero-order valence-electron chi connectivity index (χ0n) is 11.5. The Hall–Kier alpha value is -2.76. The van der Waals surface area contributed by atoms with Crippen molar-refractivity contribution in [1.29, 1.82) is 0 Å². The number of halogens is 1. The Morgan fingerprint density at radius 2 is 1.90 bits per heavy atom. The molecule has 0 aromatic heterocycles. The van der Waals surface area contributed by atoms with Crippen LogP contribution in [0.4, 0.5) is 10.1 Å². The normalized spacial score (nSPS) is 10.2. The molecular formula is C15H14FNO4. The molecule has 0 radical (unpaired) electrons. The van der Waals surface area contributed by atoms with Gasteiger partial charge in [-0.25, -0.2) is 9.18 Å². The number of anilines is 1. The van der Waals surface area contributed by atoms with E-state index in [1.807, 2.05) is 6.92 Å². The first-order valence-corrected chi connectivity index (χ1v) is 6.07. The molecule has 6 heteroatoms. The Labute approximate surface area is 120 Å². The van der Waals surface area contributed by atoms with Crippen LogP contribution in [0.1, 0.15) is 15.9 Å². The highest BCUT2D eigenvalue weighted by Gasteiger charge is 2.16. The van der Waals surface area contributed by atoms with E-state index in [2.05, 4.69) is 0 Å². The lowest BCUT2D eigenvalue weighted by Crippen LogP contribution is -2.03. The Kier molecular flexibility index (Phi) is 3.98. The molecule has 2 rings (SSSR count). The van der Waals surface area contributed by atoms with E-state index < -0.39 is 17.3 Å². The molecule has 0 amide bonds. The van der Waals surface area contributed by atoms with E-state index in [4.69, 9.17) is 20.3 Å². The van der Waals surface area contributed by atoms with E-state index in [0.29, 0.717) is 11.5 Å². The summed E-state index contributed by atoms with van der Waals surface area (Å²) in [5, 5.41) is 8.83. The van der Waals surface area contributed by atoms with Gasteiger partial charge in [-0.05, 0) is 30.7 Å². The summed E-state index contributed by atoms with van der Waals surface area (Å²) >= 11 is 0. The van der Waals surface area contributed by atoms with E-state index in [1.165, 1.54) is 7.11 Å². The van der Waals surface area contributed by atoms with E-state index in [9.17, 15) is 9.18 Å². The van der Waals surface area contributed by atoms with E-state index in [0.717, 1.165) is 17.7 Å².